The Hall–Kier alpha value is -1.60. The first-order chi connectivity index (χ1) is 10.8. The number of carbonyl (C=O) groups excluding carboxylic acids is 1. The average molecular weight is 373 g/mol. The van der Waals surface area contributed by atoms with E-state index in [4.69, 9.17) is 23.2 Å². The summed E-state index contributed by atoms with van der Waals surface area (Å²) in [6.07, 6.45) is -0.0802. The van der Waals surface area contributed by atoms with E-state index in [0.29, 0.717) is 10.6 Å². The second-order valence-electron chi connectivity index (χ2n) is 4.75. The second-order valence-corrected chi connectivity index (χ2v) is 7.28. The summed E-state index contributed by atoms with van der Waals surface area (Å²) in [7, 11) is -4.09. The molecule has 5 nitrogen and oxygen atoms in total. The zero-order chi connectivity index (χ0) is 17.0. The predicted molar refractivity (Wildman–Crippen MR) is 85.7 cm³/mol. The van der Waals surface area contributed by atoms with Crippen molar-refractivity contribution < 1.29 is 18.3 Å². The van der Waals surface area contributed by atoms with E-state index in [0.717, 1.165) is 0 Å². The highest BCUT2D eigenvalue weighted by molar-refractivity contribution is 7.89. The molecule has 122 valence electrons. The molecular weight excluding hydrogens is 361 g/mol. The third-order valence-corrected chi connectivity index (χ3v) is 5.28. The Kier molecular flexibility index (Phi) is 5.64. The minimum atomic E-state index is -4.09. The molecule has 0 heterocycles. The Morgan fingerprint density at radius 2 is 1.70 bits per heavy atom. The highest BCUT2D eigenvalue weighted by Crippen LogP contribution is 2.21. The summed E-state index contributed by atoms with van der Waals surface area (Å²) in [5.74, 6) is -1.53. The molecule has 0 radical (unpaired) electrons. The molecule has 2 rings (SSSR count). The summed E-state index contributed by atoms with van der Waals surface area (Å²) in [4.78, 5) is 11.1. The lowest BCUT2D eigenvalue weighted by Crippen LogP contribution is -2.49. The molecule has 0 aliphatic carbocycles. The van der Waals surface area contributed by atoms with E-state index in [9.17, 15) is 18.3 Å². The first-order valence-corrected chi connectivity index (χ1v) is 8.75. The van der Waals surface area contributed by atoms with Gasteiger partial charge in [-0.2, -0.15) is 0 Å². The third-order valence-electron chi connectivity index (χ3n) is 3.06. The number of benzene rings is 2. The van der Waals surface area contributed by atoms with Gasteiger partial charge in [0.25, 0.3) is 0 Å². The smallest absolute Gasteiger partial charge is 0.242 e. The minimum Gasteiger partial charge on any atom is -0.548 e. The number of halogens is 2. The topological polar surface area (TPSA) is 86.3 Å². The number of carboxylic acid groups (broad SMARTS) is 1. The van der Waals surface area contributed by atoms with Crippen LogP contribution < -0.4 is 9.83 Å². The maximum Gasteiger partial charge on any atom is 0.242 e. The maximum atomic E-state index is 12.3. The number of rotatable bonds is 6. The van der Waals surface area contributed by atoms with Gasteiger partial charge in [0.05, 0.1) is 17.0 Å². The summed E-state index contributed by atoms with van der Waals surface area (Å²) < 4.78 is 26.7. The molecule has 8 heteroatoms. The Labute approximate surface area is 143 Å². The van der Waals surface area contributed by atoms with Gasteiger partial charge >= 0.3 is 0 Å². The van der Waals surface area contributed by atoms with Crippen molar-refractivity contribution in [2.45, 2.75) is 17.4 Å². The Morgan fingerprint density at radius 3 is 2.26 bits per heavy atom. The van der Waals surface area contributed by atoms with E-state index in [1.54, 1.807) is 30.3 Å². The number of carbonyl (C=O) groups is 1. The van der Waals surface area contributed by atoms with Crippen LogP contribution in [0.15, 0.2) is 53.4 Å². The molecule has 23 heavy (non-hydrogen) atoms. The summed E-state index contributed by atoms with van der Waals surface area (Å²) in [5.41, 5.74) is 0.602. The number of nitrogens with one attached hydrogen (secondary N) is 1. The molecule has 1 N–H and O–H groups in total. The standard InChI is InChI=1S/C15H13Cl2NO4S/c16-11-7-5-10(6-8-11)9-13(15(19)20)18-23(21,22)14-4-2-1-3-12(14)17/h1-8,13,18H,9H2,(H,19,20)/p-1/t13-/m1/s1. The van der Waals surface area contributed by atoms with Crippen molar-refractivity contribution in [3.8, 4) is 0 Å². The fourth-order valence-corrected chi connectivity index (χ4v) is 3.77. The van der Waals surface area contributed by atoms with Crippen molar-refractivity contribution in [1.82, 2.24) is 4.72 Å². The molecule has 0 amide bonds. The molecule has 0 spiro atoms. The largest absolute Gasteiger partial charge is 0.548 e. The second kappa shape index (κ2) is 7.31. The van der Waals surface area contributed by atoms with Crippen molar-refractivity contribution in [1.29, 1.82) is 0 Å². The summed E-state index contributed by atoms with van der Waals surface area (Å²) in [5, 5.41) is 11.8. The Balaban J connectivity index is 2.24. The molecule has 0 saturated carbocycles. The fourth-order valence-electron chi connectivity index (χ4n) is 1.94. The number of sulfonamides is 1. The Morgan fingerprint density at radius 1 is 1.09 bits per heavy atom. The van der Waals surface area contributed by atoms with E-state index in [1.165, 1.54) is 18.2 Å². The van der Waals surface area contributed by atoms with Gasteiger partial charge in [0.15, 0.2) is 0 Å². The quantitative estimate of drug-likeness (QED) is 0.834. The normalized spacial score (nSPS) is 12.8. The average Bonchev–Trinajstić information content (AvgIpc) is 2.48. The minimum absolute atomic E-state index is 0.00332. The zero-order valence-corrected chi connectivity index (χ0v) is 14.0. The third kappa shape index (κ3) is 4.68. The van der Waals surface area contributed by atoms with E-state index < -0.39 is 22.0 Å². The van der Waals surface area contributed by atoms with Crippen LogP contribution in [0.5, 0.6) is 0 Å². The lowest BCUT2D eigenvalue weighted by molar-refractivity contribution is -0.307. The van der Waals surface area contributed by atoms with Crippen LogP contribution in [0.1, 0.15) is 5.56 Å². The number of aliphatic carboxylic acids is 1. The van der Waals surface area contributed by atoms with Crippen molar-refractivity contribution in [2.24, 2.45) is 0 Å². The highest BCUT2D eigenvalue weighted by atomic mass is 35.5. The number of carboxylic acids is 1. The van der Waals surface area contributed by atoms with Crippen LogP contribution in [-0.2, 0) is 21.2 Å². The molecule has 2 aromatic rings. The van der Waals surface area contributed by atoms with Crippen LogP contribution in [0.3, 0.4) is 0 Å². The molecule has 0 aliphatic rings. The summed E-state index contributed by atoms with van der Waals surface area (Å²) in [6, 6.07) is 10.7. The predicted octanol–water partition coefficient (Wildman–Crippen LogP) is 1.63. The fraction of sp³-hybridized carbons (Fsp3) is 0.133. The Bertz CT molecular complexity index is 806. The van der Waals surface area contributed by atoms with E-state index in [1.807, 2.05) is 0 Å². The molecule has 0 unspecified atom stereocenters. The van der Waals surface area contributed by atoms with Crippen LogP contribution in [0.25, 0.3) is 0 Å². The molecule has 0 aromatic heterocycles. The van der Waals surface area contributed by atoms with E-state index in [-0.39, 0.29) is 16.3 Å². The van der Waals surface area contributed by atoms with Gasteiger partial charge in [-0.3, -0.25) is 0 Å². The van der Waals surface area contributed by atoms with Crippen molar-refractivity contribution in [2.75, 3.05) is 0 Å². The van der Waals surface area contributed by atoms with E-state index in [2.05, 4.69) is 4.72 Å². The van der Waals surface area contributed by atoms with Crippen molar-refractivity contribution >= 4 is 39.2 Å². The SMILES string of the molecule is O=C([O-])[C@@H](Cc1ccc(Cl)cc1)NS(=O)(=O)c1ccccc1Cl. The number of hydrogen-bond donors (Lipinski definition) is 1. The number of hydrogen-bond acceptors (Lipinski definition) is 4. The van der Waals surface area contributed by atoms with Gasteiger partial charge in [0.1, 0.15) is 4.90 Å². The lowest BCUT2D eigenvalue weighted by atomic mass is 10.1. The van der Waals surface area contributed by atoms with Gasteiger partial charge < -0.3 is 9.90 Å². The van der Waals surface area contributed by atoms with Crippen LogP contribution >= 0.6 is 23.2 Å². The van der Waals surface area contributed by atoms with Crippen LogP contribution in [0.2, 0.25) is 10.0 Å². The van der Waals surface area contributed by atoms with Gasteiger partial charge in [-0.25, -0.2) is 13.1 Å². The highest BCUT2D eigenvalue weighted by Gasteiger charge is 2.23. The van der Waals surface area contributed by atoms with Crippen molar-refractivity contribution in [3.05, 3.63) is 64.1 Å². The maximum absolute atomic E-state index is 12.3. The molecule has 1 atom stereocenters. The van der Waals surface area contributed by atoms with Gasteiger partial charge in [0, 0.05) is 5.02 Å². The monoisotopic (exact) mass is 372 g/mol. The molecule has 0 aliphatic heterocycles. The molecular formula is C15H12Cl2NO4S-. The van der Waals surface area contributed by atoms with Crippen LogP contribution in [0.4, 0.5) is 0 Å². The molecule has 0 saturated heterocycles. The van der Waals surface area contributed by atoms with Crippen molar-refractivity contribution in [3.63, 3.8) is 0 Å². The molecule has 2 aromatic carbocycles. The first-order valence-electron chi connectivity index (χ1n) is 6.52. The molecule has 0 bridgehead atoms. The van der Waals surface area contributed by atoms with E-state index >= 15 is 0 Å². The summed E-state index contributed by atoms with van der Waals surface area (Å²) >= 11 is 11.6. The molecule has 0 fully saturated rings. The van der Waals surface area contributed by atoms with Gasteiger partial charge in [-0.05, 0) is 36.2 Å². The van der Waals surface area contributed by atoms with Crippen LogP contribution in [-0.4, -0.2) is 20.4 Å². The van der Waals surface area contributed by atoms with Gasteiger partial charge in [-0.15, -0.1) is 0 Å². The van der Waals surface area contributed by atoms with Crippen LogP contribution in [0, 0.1) is 0 Å². The lowest BCUT2D eigenvalue weighted by Gasteiger charge is -2.20. The summed E-state index contributed by atoms with van der Waals surface area (Å²) in [6.45, 7) is 0. The first kappa shape index (κ1) is 17.7. The van der Waals surface area contributed by atoms with Gasteiger partial charge in [0.2, 0.25) is 10.0 Å². The zero-order valence-electron chi connectivity index (χ0n) is 11.7. The van der Waals surface area contributed by atoms with Gasteiger partial charge in [-0.1, -0.05) is 47.5 Å².